The van der Waals surface area contributed by atoms with Crippen LogP contribution in [0.15, 0.2) is 203 Å². The molecule has 3 heteroatoms. The second kappa shape index (κ2) is 16.6. The number of amidine groups is 2. The first kappa shape index (κ1) is 36.7. The van der Waals surface area contributed by atoms with Crippen molar-refractivity contribution in [2.75, 3.05) is 0 Å². The van der Waals surface area contributed by atoms with Crippen LogP contribution in [-0.2, 0) is 13.0 Å². The van der Waals surface area contributed by atoms with E-state index in [1.807, 2.05) is 18.2 Å². The van der Waals surface area contributed by atoms with Crippen LogP contribution in [0.25, 0.3) is 44.5 Å². The quantitative estimate of drug-likeness (QED) is 0.104. The fraction of sp³-hybridized carbons (Fsp3) is 0.109. The van der Waals surface area contributed by atoms with Gasteiger partial charge in [0.15, 0.2) is 11.7 Å². The Kier molecular flexibility index (Phi) is 10.5. The number of benzene rings is 7. The summed E-state index contributed by atoms with van der Waals surface area (Å²) in [5.41, 5.74) is 19.7. The highest BCUT2D eigenvalue weighted by atomic mass is 15.0. The van der Waals surface area contributed by atoms with Gasteiger partial charge in [0.05, 0.1) is 6.54 Å². The monoisotopic (exact) mass is 747 g/mol. The van der Waals surface area contributed by atoms with Gasteiger partial charge in [-0.1, -0.05) is 171 Å². The first-order chi connectivity index (χ1) is 28.6. The van der Waals surface area contributed by atoms with Crippen LogP contribution >= 0.6 is 0 Å². The minimum atomic E-state index is 0.512. The van der Waals surface area contributed by atoms with Crippen molar-refractivity contribution < 1.29 is 0 Å². The van der Waals surface area contributed by atoms with Crippen molar-refractivity contribution in [2.45, 2.75) is 39.2 Å². The van der Waals surface area contributed by atoms with Crippen LogP contribution in [-0.4, -0.2) is 18.4 Å². The summed E-state index contributed by atoms with van der Waals surface area (Å²) >= 11 is 0. The molecule has 2 aliphatic carbocycles. The summed E-state index contributed by atoms with van der Waals surface area (Å²) in [6, 6.07) is 62.7. The molecule has 0 spiro atoms. The van der Waals surface area contributed by atoms with Gasteiger partial charge in [-0.15, -0.1) is 0 Å². The third kappa shape index (κ3) is 7.60. The predicted molar refractivity (Wildman–Crippen MR) is 246 cm³/mol. The molecule has 9 rings (SSSR count). The van der Waals surface area contributed by atoms with E-state index >= 15 is 0 Å². The largest absolute Gasteiger partial charge is 0.261 e. The Bertz CT molecular complexity index is 2750. The van der Waals surface area contributed by atoms with Gasteiger partial charge in [-0.3, -0.25) is 4.99 Å². The number of rotatable bonds is 9. The lowest BCUT2D eigenvalue weighted by Gasteiger charge is -2.22. The lowest BCUT2D eigenvalue weighted by atomic mass is 9.82. The van der Waals surface area contributed by atoms with Gasteiger partial charge in [0, 0.05) is 11.1 Å². The molecule has 0 saturated heterocycles. The van der Waals surface area contributed by atoms with E-state index in [1.165, 1.54) is 61.2 Å². The third-order valence-electron chi connectivity index (χ3n) is 11.4. The Labute approximate surface area is 342 Å². The summed E-state index contributed by atoms with van der Waals surface area (Å²) in [7, 11) is 0. The van der Waals surface area contributed by atoms with Gasteiger partial charge in [0.1, 0.15) is 0 Å². The summed E-state index contributed by atoms with van der Waals surface area (Å²) in [5.74, 6) is 1.18. The van der Waals surface area contributed by atoms with Crippen LogP contribution in [0.3, 0.4) is 0 Å². The van der Waals surface area contributed by atoms with Crippen molar-refractivity contribution >= 4 is 29.5 Å². The van der Waals surface area contributed by atoms with Gasteiger partial charge in [-0.05, 0) is 129 Å². The first-order valence-electron chi connectivity index (χ1n) is 20.3. The lowest BCUT2D eigenvalue weighted by Crippen LogP contribution is -2.06. The number of allylic oxidation sites excluding steroid dienone is 4. The SMILES string of the molecule is C=NC(=NC(=NCc1ccccc1)c1ccc2c(c1)Cc1ccccc1-2)c1cccc(-c2cccc(-c3ccc(C4=C(CC)C(c5ccccc5)=CCC4)cc3)c2)c1. The van der Waals surface area contributed by atoms with Crippen LogP contribution in [0.5, 0.6) is 0 Å². The molecule has 0 fully saturated rings. The highest BCUT2D eigenvalue weighted by molar-refractivity contribution is 6.13. The molecule has 0 aromatic heterocycles. The van der Waals surface area contributed by atoms with Gasteiger partial charge in [-0.25, -0.2) is 9.98 Å². The number of hydrogen-bond donors (Lipinski definition) is 0. The number of nitrogens with zero attached hydrogens (tertiary/aromatic N) is 3. The van der Waals surface area contributed by atoms with Gasteiger partial charge >= 0.3 is 0 Å². The van der Waals surface area contributed by atoms with Crippen molar-refractivity contribution in [3.8, 4) is 33.4 Å². The van der Waals surface area contributed by atoms with Crippen molar-refractivity contribution in [1.29, 1.82) is 0 Å². The Morgan fingerprint density at radius 1 is 0.534 bits per heavy atom. The normalized spacial score (nSPS) is 13.8. The van der Waals surface area contributed by atoms with Gasteiger partial charge in [-0.2, -0.15) is 0 Å². The maximum absolute atomic E-state index is 5.13. The van der Waals surface area contributed by atoms with E-state index in [9.17, 15) is 0 Å². The fourth-order valence-electron chi connectivity index (χ4n) is 8.53. The second-order valence-electron chi connectivity index (χ2n) is 15.0. The van der Waals surface area contributed by atoms with Crippen LogP contribution in [0.1, 0.15) is 65.1 Å². The minimum absolute atomic E-state index is 0.512. The van der Waals surface area contributed by atoms with Crippen LogP contribution in [0.4, 0.5) is 0 Å². The molecule has 7 aromatic rings. The zero-order valence-electron chi connectivity index (χ0n) is 32.9. The Morgan fingerprint density at radius 2 is 1.17 bits per heavy atom. The van der Waals surface area contributed by atoms with Crippen molar-refractivity contribution in [2.24, 2.45) is 15.0 Å². The van der Waals surface area contributed by atoms with Gasteiger partial charge in [0.2, 0.25) is 0 Å². The molecule has 7 aromatic carbocycles. The summed E-state index contributed by atoms with van der Waals surface area (Å²) in [5, 5.41) is 0. The molecular formula is C55H45N3. The minimum Gasteiger partial charge on any atom is -0.261 e. The van der Waals surface area contributed by atoms with E-state index < -0.39 is 0 Å². The number of fused-ring (bicyclic) bond motifs is 3. The van der Waals surface area contributed by atoms with Gasteiger partial charge in [0.25, 0.3) is 0 Å². The second-order valence-corrected chi connectivity index (χ2v) is 15.0. The van der Waals surface area contributed by atoms with E-state index in [0.29, 0.717) is 18.2 Å². The summed E-state index contributed by atoms with van der Waals surface area (Å²) in [6.07, 6.45) is 6.46. The smallest absolute Gasteiger partial charge is 0.161 e. The number of hydrogen-bond acceptors (Lipinski definition) is 1. The Hall–Kier alpha value is -6.97. The zero-order valence-corrected chi connectivity index (χ0v) is 32.9. The Morgan fingerprint density at radius 3 is 1.95 bits per heavy atom. The predicted octanol–water partition coefficient (Wildman–Crippen LogP) is 13.7. The van der Waals surface area contributed by atoms with Crippen molar-refractivity contribution in [1.82, 2.24) is 0 Å². The molecule has 0 unspecified atom stereocenters. The highest BCUT2D eigenvalue weighted by Crippen LogP contribution is 2.40. The van der Waals surface area contributed by atoms with Gasteiger partial charge < -0.3 is 0 Å². The summed E-state index contributed by atoms with van der Waals surface area (Å²) < 4.78 is 0. The molecular weight excluding hydrogens is 703 g/mol. The maximum atomic E-state index is 5.13. The van der Waals surface area contributed by atoms with E-state index in [2.05, 4.69) is 182 Å². The number of aliphatic imine (C=N–C) groups is 3. The molecule has 0 N–H and O–H groups in total. The molecule has 0 bridgehead atoms. The van der Waals surface area contributed by atoms with Crippen LogP contribution in [0, 0.1) is 0 Å². The molecule has 0 saturated carbocycles. The molecule has 0 heterocycles. The highest BCUT2D eigenvalue weighted by Gasteiger charge is 2.20. The molecule has 0 amide bonds. The van der Waals surface area contributed by atoms with Crippen molar-refractivity contribution in [3.05, 3.63) is 227 Å². The summed E-state index contributed by atoms with van der Waals surface area (Å²) in [6.45, 7) is 6.76. The van der Waals surface area contributed by atoms with Crippen molar-refractivity contribution in [3.63, 3.8) is 0 Å². The fourth-order valence-corrected chi connectivity index (χ4v) is 8.53. The topological polar surface area (TPSA) is 37.1 Å². The average Bonchev–Trinajstić information content (AvgIpc) is 3.67. The van der Waals surface area contributed by atoms with E-state index in [0.717, 1.165) is 53.5 Å². The Balaban J connectivity index is 1.01. The maximum Gasteiger partial charge on any atom is 0.161 e. The zero-order chi connectivity index (χ0) is 39.3. The first-order valence-corrected chi connectivity index (χ1v) is 20.3. The van der Waals surface area contributed by atoms with Crippen LogP contribution in [0.2, 0.25) is 0 Å². The molecule has 0 radical (unpaired) electrons. The molecule has 3 nitrogen and oxygen atoms in total. The van der Waals surface area contributed by atoms with E-state index in [1.54, 1.807) is 0 Å². The molecule has 280 valence electrons. The molecule has 0 aliphatic heterocycles. The van der Waals surface area contributed by atoms with E-state index in [4.69, 9.17) is 9.98 Å². The standard InChI is InChI=1S/C55H45N3/c1-3-49-50(40-17-8-5-9-18-40)25-14-26-51(49)41-29-27-39(28-30-41)42-20-12-21-43(33-42)44-22-13-23-46(34-44)54(56-2)58-55(57-37-38-15-6-4-7-16-38)47-31-32-53-48(36-47)35-45-19-10-11-24-52(45)53/h4-13,15-25,27-34,36H,2-3,14,26,35,37H2,1H3. The lowest BCUT2D eigenvalue weighted by molar-refractivity contribution is 1.01. The van der Waals surface area contributed by atoms with Crippen LogP contribution < -0.4 is 0 Å². The van der Waals surface area contributed by atoms with E-state index in [-0.39, 0.29) is 0 Å². The molecule has 58 heavy (non-hydrogen) atoms. The third-order valence-corrected chi connectivity index (χ3v) is 11.4. The molecule has 0 atom stereocenters. The average molecular weight is 748 g/mol. The molecule has 2 aliphatic rings. The summed E-state index contributed by atoms with van der Waals surface area (Å²) in [4.78, 5) is 14.7.